The van der Waals surface area contributed by atoms with Gasteiger partial charge in [0.25, 0.3) is 0 Å². The predicted molar refractivity (Wildman–Crippen MR) is 74.4 cm³/mol. The van der Waals surface area contributed by atoms with Gasteiger partial charge < -0.3 is 11.1 Å². The van der Waals surface area contributed by atoms with E-state index < -0.39 is 0 Å². The van der Waals surface area contributed by atoms with Gasteiger partial charge in [0.2, 0.25) is 0 Å². The second kappa shape index (κ2) is 5.70. The second-order valence-electron chi connectivity index (χ2n) is 3.45. The van der Waals surface area contributed by atoms with Gasteiger partial charge in [-0.05, 0) is 12.1 Å². The molecule has 0 saturated heterocycles. The van der Waals surface area contributed by atoms with Crippen molar-refractivity contribution in [3.8, 4) is 0 Å². The highest BCUT2D eigenvalue weighted by Gasteiger charge is 2.00. The molecule has 0 atom stereocenters. The summed E-state index contributed by atoms with van der Waals surface area (Å²) in [4.78, 5) is 8.61. The third kappa shape index (κ3) is 3.47. The van der Waals surface area contributed by atoms with E-state index in [0.29, 0.717) is 10.7 Å². The van der Waals surface area contributed by atoms with E-state index in [1.807, 2.05) is 17.6 Å². The molecule has 0 radical (unpaired) electrons. The lowest BCUT2D eigenvalue weighted by molar-refractivity contribution is 0.976. The van der Waals surface area contributed by atoms with Crippen LogP contribution in [0.15, 0.2) is 29.2 Å². The molecule has 0 aliphatic heterocycles. The lowest BCUT2D eigenvalue weighted by Crippen LogP contribution is -2.12. The molecule has 0 aromatic carbocycles. The van der Waals surface area contributed by atoms with Crippen LogP contribution in [-0.2, 0) is 6.42 Å². The molecule has 2 rings (SSSR count). The number of pyridine rings is 1. The fourth-order valence-corrected chi connectivity index (χ4v) is 2.08. The molecule has 0 saturated carbocycles. The van der Waals surface area contributed by atoms with Crippen LogP contribution in [0.25, 0.3) is 0 Å². The van der Waals surface area contributed by atoms with Gasteiger partial charge in [-0.15, -0.1) is 11.3 Å². The van der Waals surface area contributed by atoms with Crippen LogP contribution >= 0.6 is 23.6 Å². The van der Waals surface area contributed by atoms with E-state index in [0.717, 1.165) is 24.3 Å². The Labute approximate surface area is 109 Å². The Morgan fingerprint density at radius 3 is 3.06 bits per heavy atom. The highest BCUT2D eigenvalue weighted by molar-refractivity contribution is 7.80. The summed E-state index contributed by atoms with van der Waals surface area (Å²) in [6.45, 7) is 0.824. The molecule has 2 heterocycles. The Morgan fingerprint density at radius 1 is 1.47 bits per heavy atom. The zero-order valence-electron chi connectivity index (χ0n) is 9.09. The van der Waals surface area contributed by atoms with Gasteiger partial charge in [-0.2, -0.15) is 0 Å². The number of nitrogens with one attached hydrogen (secondary N) is 1. The topological polar surface area (TPSA) is 63.8 Å². The average molecular weight is 264 g/mol. The minimum absolute atomic E-state index is 0.313. The van der Waals surface area contributed by atoms with E-state index in [9.17, 15) is 0 Å². The minimum atomic E-state index is 0.313. The Morgan fingerprint density at radius 2 is 2.35 bits per heavy atom. The summed E-state index contributed by atoms with van der Waals surface area (Å²) < 4.78 is 0. The normalized spacial score (nSPS) is 10.1. The molecule has 0 unspecified atom stereocenters. The van der Waals surface area contributed by atoms with Crippen molar-refractivity contribution in [2.75, 3.05) is 11.9 Å². The van der Waals surface area contributed by atoms with Gasteiger partial charge in [-0.25, -0.2) is 4.98 Å². The number of rotatable bonds is 5. The third-order valence-corrected chi connectivity index (χ3v) is 3.05. The summed E-state index contributed by atoms with van der Waals surface area (Å²) >= 11 is 6.49. The molecule has 4 nitrogen and oxygen atoms in total. The van der Waals surface area contributed by atoms with Gasteiger partial charge in [0.1, 0.15) is 4.99 Å². The maximum absolute atomic E-state index is 5.52. The van der Waals surface area contributed by atoms with E-state index >= 15 is 0 Å². The maximum atomic E-state index is 5.52. The zero-order chi connectivity index (χ0) is 12.1. The Kier molecular flexibility index (Phi) is 4.00. The summed E-state index contributed by atoms with van der Waals surface area (Å²) in [5.74, 6) is 0. The molecule has 2 aromatic rings. The van der Waals surface area contributed by atoms with Gasteiger partial charge in [-0.3, -0.25) is 4.98 Å². The number of anilines is 1. The molecule has 0 bridgehead atoms. The number of nitrogens with two attached hydrogens (primary N) is 1. The highest BCUT2D eigenvalue weighted by atomic mass is 32.1. The molecule has 0 aliphatic rings. The summed E-state index contributed by atoms with van der Waals surface area (Å²) in [6, 6.07) is 3.74. The molecule has 0 spiro atoms. The van der Waals surface area contributed by atoms with Gasteiger partial charge in [0.15, 0.2) is 0 Å². The van der Waals surface area contributed by atoms with Crippen molar-refractivity contribution in [1.82, 2.24) is 9.97 Å². The molecular weight excluding hydrogens is 252 g/mol. The smallest absolute Gasteiger partial charge is 0.122 e. The summed E-state index contributed by atoms with van der Waals surface area (Å²) in [6.07, 6.45) is 2.59. The Hall–Kier alpha value is -1.53. The molecule has 6 heteroatoms. The first kappa shape index (κ1) is 11.9. The Bertz CT molecular complexity index is 496. The van der Waals surface area contributed by atoms with Crippen LogP contribution in [0.1, 0.15) is 11.4 Å². The van der Waals surface area contributed by atoms with Crippen LogP contribution in [-0.4, -0.2) is 21.5 Å². The first-order chi connectivity index (χ1) is 8.25. The highest BCUT2D eigenvalue weighted by Crippen LogP contribution is 2.08. The van der Waals surface area contributed by atoms with E-state index in [1.165, 1.54) is 0 Å². The van der Waals surface area contributed by atoms with Crippen molar-refractivity contribution in [2.45, 2.75) is 6.42 Å². The second-order valence-corrected chi connectivity index (χ2v) is 4.61. The van der Waals surface area contributed by atoms with Crippen LogP contribution in [0, 0.1) is 0 Å². The van der Waals surface area contributed by atoms with E-state index in [-0.39, 0.29) is 0 Å². The molecule has 88 valence electrons. The lowest BCUT2D eigenvalue weighted by atomic mass is 10.3. The van der Waals surface area contributed by atoms with Gasteiger partial charge in [-0.1, -0.05) is 12.2 Å². The fraction of sp³-hybridized carbons (Fsp3) is 0.182. The minimum Gasteiger partial charge on any atom is -0.388 e. The maximum Gasteiger partial charge on any atom is 0.122 e. The SMILES string of the molecule is NC(=S)c1cc(NCCc2cscn2)ccn1. The van der Waals surface area contributed by atoms with Crippen molar-refractivity contribution in [3.63, 3.8) is 0 Å². The molecule has 2 aromatic heterocycles. The standard InChI is InChI=1S/C11H12N4S2/c12-11(16)10-5-8(1-4-14-10)13-3-2-9-6-17-7-15-9/h1,4-7H,2-3H2,(H2,12,16)(H,13,14). The van der Waals surface area contributed by atoms with Crippen molar-refractivity contribution < 1.29 is 0 Å². The Balaban J connectivity index is 1.90. The van der Waals surface area contributed by atoms with Crippen molar-refractivity contribution in [2.24, 2.45) is 5.73 Å². The van der Waals surface area contributed by atoms with Crippen molar-refractivity contribution in [1.29, 1.82) is 0 Å². The summed E-state index contributed by atoms with van der Waals surface area (Å²) in [5.41, 5.74) is 10.1. The monoisotopic (exact) mass is 264 g/mol. The summed E-state index contributed by atoms with van der Waals surface area (Å²) in [7, 11) is 0. The first-order valence-corrected chi connectivity index (χ1v) is 6.47. The van der Waals surface area contributed by atoms with Gasteiger partial charge in [0, 0.05) is 30.2 Å². The van der Waals surface area contributed by atoms with Gasteiger partial charge >= 0.3 is 0 Å². The van der Waals surface area contributed by atoms with Crippen LogP contribution in [0.5, 0.6) is 0 Å². The van der Waals surface area contributed by atoms with E-state index in [2.05, 4.69) is 20.7 Å². The predicted octanol–water partition coefficient (Wildman–Crippen LogP) is 1.83. The fourth-order valence-electron chi connectivity index (χ4n) is 1.37. The van der Waals surface area contributed by atoms with Crippen LogP contribution in [0.4, 0.5) is 5.69 Å². The van der Waals surface area contributed by atoms with Crippen molar-refractivity contribution in [3.05, 3.63) is 40.6 Å². The summed E-state index contributed by atoms with van der Waals surface area (Å²) in [5, 5.41) is 5.34. The zero-order valence-corrected chi connectivity index (χ0v) is 10.7. The van der Waals surface area contributed by atoms with Crippen LogP contribution in [0.2, 0.25) is 0 Å². The van der Waals surface area contributed by atoms with Crippen LogP contribution < -0.4 is 11.1 Å². The number of nitrogens with zero attached hydrogens (tertiary/aromatic N) is 2. The molecular formula is C11H12N4S2. The number of aromatic nitrogens is 2. The number of thiocarbonyl (C=S) groups is 1. The van der Waals surface area contributed by atoms with E-state index in [4.69, 9.17) is 18.0 Å². The average Bonchev–Trinajstić information content (AvgIpc) is 2.82. The molecule has 0 aliphatic carbocycles. The molecule has 0 fully saturated rings. The molecule has 17 heavy (non-hydrogen) atoms. The number of hydrogen-bond acceptors (Lipinski definition) is 5. The largest absolute Gasteiger partial charge is 0.388 e. The van der Waals surface area contributed by atoms with E-state index in [1.54, 1.807) is 17.5 Å². The quantitative estimate of drug-likeness (QED) is 0.807. The molecule has 3 N–H and O–H groups in total. The number of hydrogen-bond donors (Lipinski definition) is 2. The lowest BCUT2D eigenvalue weighted by Gasteiger charge is -2.06. The van der Waals surface area contributed by atoms with Gasteiger partial charge in [0.05, 0.1) is 16.9 Å². The van der Waals surface area contributed by atoms with Crippen LogP contribution in [0.3, 0.4) is 0 Å². The molecule has 0 amide bonds. The van der Waals surface area contributed by atoms with Crippen molar-refractivity contribution >= 4 is 34.2 Å². The third-order valence-electron chi connectivity index (χ3n) is 2.21. The number of thiazole rings is 1. The first-order valence-electron chi connectivity index (χ1n) is 5.12.